The molecule has 7 nitrogen and oxygen atoms in total. The topological polar surface area (TPSA) is 87.9 Å². The standard InChI is InChI=1S/C21H19NO6/c1-13-19(14(2)28-22-13)12-26-18-6-4-5-16(11-18)21(24)27-17-9-7-15(8-10-17)20(23)25-3/h4-11H,12H2,1-3H3. The maximum Gasteiger partial charge on any atom is 0.343 e. The lowest BCUT2D eigenvalue weighted by Gasteiger charge is -2.08. The second-order valence-electron chi connectivity index (χ2n) is 6.02. The molecule has 0 amide bonds. The summed E-state index contributed by atoms with van der Waals surface area (Å²) in [6.07, 6.45) is 0. The first-order valence-corrected chi connectivity index (χ1v) is 8.53. The van der Waals surface area contributed by atoms with Crippen LogP contribution in [-0.4, -0.2) is 24.2 Å². The molecule has 0 unspecified atom stereocenters. The van der Waals surface area contributed by atoms with E-state index in [0.29, 0.717) is 28.4 Å². The molecule has 28 heavy (non-hydrogen) atoms. The van der Waals surface area contributed by atoms with Crippen molar-refractivity contribution in [2.75, 3.05) is 7.11 Å². The summed E-state index contributed by atoms with van der Waals surface area (Å²) in [6.45, 7) is 3.95. The number of hydrogen-bond acceptors (Lipinski definition) is 7. The molecule has 0 N–H and O–H groups in total. The highest BCUT2D eigenvalue weighted by Crippen LogP contribution is 2.20. The smallest absolute Gasteiger partial charge is 0.343 e. The van der Waals surface area contributed by atoms with Gasteiger partial charge in [0.05, 0.1) is 29.5 Å². The number of benzene rings is 2. The van der Waals surface area contributed by atoms with Crippen LogP contribution in [0.4, 0.5) is 0 Å². The Labute approximate surface area is 161 Å². The number of methoxy groups -OCH3 is 1. The van der Waals surface area contributed by atoms with Crippen molar-refractivity contribution in [1.82, 2.24) is 5.16 Å². The van der Waals surface area contributed by atoms with Crippen LogP contribution in [0.25, 0.3) is 0 Å². The molecule has 1 aromatic heterocycles. The number of hydrogen-bond donors (Lipinski definition) is 0. The molecular formula is C21H19NO6. The van der Waals surface area contributed by atoms with E-state index in [1.54, 1.807) is 24.3 Å². The van der Waals surface area contributed by atoms with Crippen molar-refractivity contribution in [3.8, 4) is 11.5 Å². The van der Waals surface area contributed by atoms with Crippen molar-refractivity contribution < 1.29 is 28.3 Å². The molecule has 0 atom stereocenters. The summed E-state index contributed by atoms with van der Waals surface area (Å²) in [5.41, 5.74) is 2.35. The maximum atomic E-state index is 12.4. The van der Waals surface area contributed by atoms with Crippen molar-refractivity contribution >= 4 is 11.9 Å². The van der Waals surface area contributed by atoms with Gasteiger partial charge in [0.15, 0.2) is 0 Å². The van der Waals surface area contributed by atoms with Gasteiger partial charge in [0.25, 0.3) is 0 Å². The molecular weight excluding hydrogens is 362 g/mol. The molecule has 2 aromatic carbocycles. The maximum absolute atomic E-state index is 12.4. The molecule has 0 radical (unpaired) electrons. The average molecular weight is 381 g/mol. The minimum Gasteiger partial charge on any atom is -0.489 e. The zero-order valence-corrected chi connectivity index (χ0v) is 15.7. The number of aryl methyl sites for hydroxylation is 2. The van der Waals surface area contributed by atoms with Gasteiger partial charge in [0, 0.05) is 0 Å². The second kappa shape index (κ2) is 8.39. The third-order valence-electron chi connectivity index (χ3n) is 4.12. The fraction of sp³-hybridized carbons (Fsp3) is 0.190. The number of aromatic nitrogens is 1. The molecule has 0 bridgehead atoms. The Morgan fingerprint density at radius 2 is 1.71 bits per heavy atom. The highest BCUT2D eigenvalue weighted by Gasteiger charge is 2.13. The van der Waals surface area contributed by atoms with E-state index in [0.717, 1.165) is 11.3 Å². The van der Waals surface area contributed by atoms with Crippen LogP contribution in [0.15, 0.2) is 53.1 Å². The third kappa shape index (κ3) is 4.37. The van der Waals surface area contributed by atoms with Crippen molar-refractivity contribution in [2.24, 2.45) is 0 Å². The summed E-state index contributed by atoms with van der Waals surface area (Å²) in [5, 5.41) is 3.89. The van der Waals surface area contributed by atoms with E-state index in [1.165, 1.54) is 31.4 Å². The van der Waals surface area contributed by atoms with Crippen molar-refractivity contribution in [3.63, 3.8) is 0 Å². The fourth-order valence-electron chi connectivity index (χ4n) is 2.52. The molecule has 3 rings (SSSR count). The van der Waals surface area contributed by atoms with E-state index in [-0.39, 0.29) is 6.61 Å². The Kier molecular flexibility index (Phi) is 5.74. The van der Waals surface area contributed by atoms with Gasteiger partial charge >= 0.3 is 11.9 Å². The van der Waals surface area contributed by atoms with E-state index in [9.17, 15) is 9.59 Å². The Hall–Kier alpha value is -3.61. The normalized spacial score (nSPS) is 10.4. The van der Waals surface area contributed by atoms with E-state index in [2.05, 4.69) is 9.89 Å². The summed E-state index contributed by atoms with van der Waals surface area (Å²) >= 11 is 0. The van der Waals surface area contributed by atoms with Crippen molar-refractivity contribution in [1.29, 1.82) is 0 Å². The lowest BCUT2D eigenvalue weighted by Crippen LogP contribution is -2.09. The molecule has 3 aromatic rings. The zero-order chi connectivity index (χ0) is 20.1. The van der Waals surface area contributed by atoms with E-state index in [1.807, 2.05) is 13.8 Å². The first-order chi connectivity index (χ1) is 13.5. The molecule has 144 valence electrons. The van der Waals surface area contributed by atoms with Gasteiger partial charge in [-0.3, -0.25) is 0 Å². The van der Waals surface area contributed by atoms with Gasteiger partial charge in [-0.1, -0.05) is 11.2 Å². The highest BCUT2D eigenvalue weighted by atomic mass is 16.5. The molecule has 1 heterocycles. The molecule has 0 aliphatic carbocycles. The summed E-state index contributed by atoms with van der Waals surface area (Å²) in [6, 6.07) is 12.8. The van der Waals surface area contributed by atoms with Crippen LogP contribution < -0.4 is 9.47 Å². The van der Waals surface area contributed by atoms with E-state index >= 15 is 0 Å². The number of nitrogens with zero attached hydrogens (tertiary/aromatic N) is 1. The molecule has 0 spiro atoms. The number of ether oxygens (including phenoxy) is 3. The lowest BCUT2D eigenvalue weighted by molar-refractivity contribution is 0.0600. The van der Waals surface area contributed by atoms with Gasteiger partial charge in [-0.15, -0.1) is 0 Å². The molecule has 0 fully saturated rings. The predicted octanol–water partition coefficient (Wildman–Crippen LogP) is 3.88. The molecule has 0 saturated carbocycles. The van der Waals surface area contributed by atoms with Crippen LogP contribution in [0.2, 0.25) is 0 Å². The van der Waals surface area contributed by atoms with Gasteiger partial charge < -0.3 is 18.7 Å². The lowest BCUT2D eigenvalue weighted by atomic mass is 10.2. The number of carbonyl (C=O) groups excluding carboxylic acids is 2. The summed E-state index contributed by atoms with van der Waals surface area (Å²) < 4.78 is 20.8. The van der Waals surface area contributed by atoms with E-state index in [4.69, 9.17) is 14.0 Å². The fourth-order valence-corrected chi connectivity index (χ4v) is 2.52. The molecule has 0 aliphatic heterocycles. The SMILES string of the molecule is COC(=O)c1ccc(OC(=O)c2cccc(OCc3c(C)noc3C)c2)cc1. The molecule has 0 aliphatic rings. The van der Waals surface area contributed by atoms with Crippen molar-refractivity contribution in [3.05, 3.63) is 76.7 Å². The van der Waals surface area contributed by atoms with Gasteiger partial charge in [-0.05, 0) is 56.3 Å². The largest absolute Gasteiger partial charge is 0.489 e. The Morgan fingerprint density at radius 3 is 2.36 bits per heavy atom. The quantitative estimate of drug-likeness (QED) is 0.473. The monoisotopic (exact) mass is 381 g/mol. The predicted molar refractivity (Wildman–Crippen MR) is 99.5 cm³/mol. The van der Waals surface area contributed by atoms with E-state index < -0.39 is 11.9 Å². The Bertz CT molecular complexity index is 971. The molecule has 7 heteroatoms. The minimum atomic E-state index is -0.534. The van der Waals surface area contributed by atoms with Gasteiger partial charge in [0.2, 0.25) is 0 Å². The zero-order valence-electron chi connectivity index (χ0n) is 15.7. The van der Waals surface area contributed by atoms with Crippen LogP contribution in [0.1, 0.15) is 37.7 Å². The minimum absolute atomic E-state index is 0.286. The van der Waals surface area contributed by atoms with Gasteiger partial charge in [-0.25, -0.2) is 9.59 Å². The third-order valence-corrected chi connectivity index (χ3v) is 4.12. The Balaban J connectivity index is 1.66. The van der Waals surface area contributed by atoms with Crippen LogP contribution in [0.3, 0.4) is 0 Å². The molecule has 0 saturated heterocycles. The first kappa shape index (κ1) is 19.2. The van der Waals surface area contributed by atoms with Crippen LogP contribution in [0.5, 0.6) is 11.5 Å². The number of rotatable bonds is 6. The summed E-state index contributed by atoms with van der Waals surface area (Å²) in [4.78, 5) is 23.8. The Morgan fingerprint density at radius 1 is 0.964 bits per heavy atom. The number of esters is 2. The first-order valence-electron chi connectivity index (χ1n) is 8.53. The highest BCUT2D eigenvalue weighted by molar-refractivity contribution is 5.92. The van der Waals surface area contributed by atoms with Crippen LogP contribution >= 0.6 is 0 Å². The second-order valence-corrected chi connectivity index (χ2v) is 6.02. The number of carbonyl (C=O) groups is 2. The van der Waals surface area contributed by atoms with Crippen LogP contribution in [-0.2, 0) is 11.3 Å². The van der Waals surface area contributed by atoms with Crippen LogP contribution in [0, 0.1) is 13.8 Å². The summed E-state index contributed by atoms with van der Waals surface area (Å²) in [7, 11) is 1.30. The van der Waals surface area contributed by atoms with Crippen molar-refractivity contribution in [2.45, 2.75) is 20.5 Å². The average Bonchev–Trinajstić information content (AvgIpc) is 3.04. The van der Waals surface area contributed by atoms with Gasteiger partial charge in [-0.2, -0.15) is 0 Å². The van der Waals surface area contributed by atoms with Gasteiger partial charge in [0.1, 0.15) is 23.9 Å². The summed E-state index contributed by atoms with van der Waals surface area (Å²) in [5.74, 6) is 0.549.